The molecule has 1 aromatic heterocycles. The highest BCUT2D eigenvalue weighted by atomic mass is 16.6. The Balaban J connectivity index is 1.22. The van der Waals surface area contributed by atoms with Gasteiger partial charge in [-0.05, 0) is 93.4 Å². The molecular weight excluding hydrogens is 867 g/mol. The maximum atomic E-state index is 14.1. The number of carbonyl (C=O) groups is 6. The molecule has 9 atom stereocenters. The number of H-pyrrole nitrogens is 1. The number of rotatable bonds is 11. The number of carbonyl (C=O) groups excluding carboxylic acids is 6. The predicted octanol–water partition coefficient (Wildman–Crippen LogP) is 2.82. The number of unbranched alkanes of at least 4 members (excludes halogenated alkanes) is 1. The molecule has 17 nitrogen and oxygen atoms in total. The number of hydrogen-bond acceptors (Lipinski definition) is 10. The van der Waals surface area contributed by atoms with E-state index in [2.05, 4.69) is 54.3 Å². The molecule has 0 bridgehead atoms. The fraction of sp³-hybridized carbons (Fsp3) is 0.490. The van der Waals surface area contributed by atoms with Crippen LogP contribution in [0.4, 0.5) is 0 Å². The third-order valence-electron chi connectivity index (χ3n) is 12.7. The van der Waals surface area contributed by atoms with Gasteiger partial charge in [0.1, 0.15) is 30.6 Å². The van der Waals surface area contributed by atoms with Crippen LogP contribution in [0, 0.1) is 0 Å². The number of aromatic amines is 1. The van der Waals surface area contributed by atoms with Crippen LogP contribution < -0.4 is 43.0 Å². The van der Waals surface area contributed by atoms with Gasteiger partial charge in [0.15, 0.2) is 0 Å². The monoisotopic (exact) mass is 936 g/mol. The third-order valence-corrected chi connectivity index (χ3v) is 12.7. The standard InChI is InChI=1S/C51H69N9O8/c1-3-4-22-44(61)57-42-30-45(62)53-26-14-13-21-39(46(52)63)58-50(67)41(29-36-31-55-38-20-12-11-19-37(36)38)59-47(64)32(2)56-49(66)40(28-33-15-7-5-8-16-33)60-51-43(68-51)24-23-35(25-27-54-48(42)65)34-17-9-6-10-18-34/h5-12,15-20,31-32,35,39-44,51,55,57,60-61H,3-4,13-14,21-30H2,1-2H3,(H2,52,63)(H,53,62)(H,54,65)(H,56,66)(H,58,67)(H,59,64)/t32-,35-,39?,40+,41-,42-,43?,44?,51?/m0/s1. The SMILES string of the molecule is CCCCC(O)N[C@H]1CC(=O)NCCCCC(C(N)=O)NC(=O)[C@H](Cc2c[nH]c3ccccc23)NC(=O)[C@H](C)NC(=O)[C@@H](Cc2ccccc2)NC2OC2CC[C@H](c2ccccc2)CCNC1=O. The Kier molecular flexibility index (Phi) is 19.5. The topological polar surface area (TPSA) is 261 Å². The van der Waals surface area contributed by atoms with Gasteiger partial charge in [-0.2, -0.15) is 0 Å². The van der Waals surface area contributed by atoms with E-state index in [1.807, 2.05) is 79.7 Å². The number of benzene rings is 3. The molecule has 0 saturated carbocycles. The summed E-state index contributed by atoms with van der Waals surface area (Å²) in [5.41, 5.74) is 9.39. The van der Waals surface area contributed by atoms with Gasteiger partial charge in [-0.3, -0.25) is 39.4 Å². The van der Waals surface area contributed by atoms with Crippen molar-refractivity contribution < 1.29 is 38.6 Å². The van der Waals surface area contributed by atoms with E-state index in [-0.39, 0.29) is 37.8 Å². The largest absolute Gasteiger partial charge is 0.379 e. The molecule has 68 heavy (non-hydrogen) atoms. The van der Waals surface area contributed by atoms with Crippen molar-refractivity contribution in [3.05, 3.63) is 108 Å². The number of para-hydroxylation sites is 1. The summed E-state index contributed by atoms with van der Waals surface area (Å²) in [6, 6.07) is 22.0. The van der Waals surface area contributed by atoms with Crippen molar-refractivity contribution in [2.75, 3.05) is 13.1 Å². The van der Waals surface area contributed by atoms with Gasteiger partial charge in [0.25, 0.3) is 0 Å². The van der Waals surface area contributed by atoms with Crippen molar-refractivity contribution >= 4 is 46.3 Å². The first-order chi connectivity index (χ1) is 32.9. The number of aromatic nitrogens is 1. The van der Waals surface area contributed by atoms with E-state index in [1.54, 1.807) is 13.1 Å². The number of aliphatic hydroxyl groups excluding tert-OH is 1. The van der Waals surface area contributed by atoms with Crippen molar-refractivity contribution in [1.82, 2.24) is 42.2 Å². The van der Waals surface area contributed by atoms with Gasteiger partial charge in [-0.25, -0.2) is 0 Å². The minimum Gasteiger partial charge on any atom is -0.379 e. The van der Waals surface area contributed by atoms with Gasteiger partial charge in [-0.15, -0.1) is 0 Å². The van der Waals surface area contributed by atoms with E-state index >= 15 is 0 Å². The second-order valence-corrected chi connectivity index (χ2v) is 18.0. The number of amides is 6. The second-order valence-electron chi connectivity index (χ2n) is 18.0. The minimum atomic E-state index is -1.16. The Hall–Kier alpha value is -6.14. The number of fused-ring (bicyclic) bond motifs is 2. The Morgan fingerprint density at radius 3 is 2.25 bits per heavy atom. The molecule has 4 aromatic rings. The van der Waals surface area contributed by atoms with Crippen molar-refractivity contribution in [2.45, 2.75) is 146 Å². The first-order valence-corrected chi connectivity index (χ1v) is 24.1. The molecule has 0 spiro atoms. The molecule has 366 valence electrons. The molecule has 2 aliphatic heterocycles. The van der Waals surface area contributed by atoms with Crippen LogP contribution >= 0.6 is 0 Å². The lowest BCUT2D eigenvalue weighted by Gasteiger charge is -2.25. The lowest BCUT2D eigenvalue weighted by molar-refractivity contribution is -0.133. The number of primary amides is 1. The zero-order valence-electron chi connectivity index (χ0n) is 39.1. The van der Waals surface area contributed by atoms with Crippen LogP contribution in [0.5, 0.6) is 0 Å². The van der Waals surface area contributed by atoms with Gasteiger partial charge in [0, 0.05) is 36.6 Å². The minimum absolute atomic E-state index is 0.0526. The Morgan fingerprint density at radius 2 is 1.50 bits per heavy atom. The predicted molar refractivity (Wildman–Crippen MR) is 258 cm³/mol. The number of nitrogens with one attached hydrogen (secondary N) is 8. The highest BCUT2D eigenvalue weighted by Crippen LogP contribution is 2.32. The van der Waals surface area contributed by atoms with Gasteiger partial charge in [0.2, 0.25) is 35.4 Å². The first kappa shape index (κ1) is 51.3. The summed E-state index contributed by atoms with van der Waals surface area (Å²) in [5, 5.41) is 32.2. The van der Waals surface area contributed by atoms with E-state index in [1.165, 1.54) is 0 Å². The van der Waals surface area contributed by atoms with Gasteiger partial charge < -0.3 is 47.1 Å². The fourth-order valence-corrected chi connectivity index (χ4v) is 8.71. The highest BCUT2D eigenvalue weighted by molar-refractivity contribution is 5.95. The van der Waals surface area contributed by atoms with E-state index in [0.717, 1.165) is 46.9 Å². The first-order valence-electron chi connectivity index (χ1n) is 24.1. The highest BCUT2D eigenvalue weighted by Gasteiger charge is 2.42. The lowest BCUT2D eigenvalue weighted by atomic mass is 9.90. The molecule has 0 aliphatic carbocycles. The van der Waals surface area contributed by atoms with Crippen LogP contribution in [-0.2, 0) is 46.3 Å². The van der Waals surface area contributed by atoms with E-state index in [4.69, 9.17) is 10.5 Å². The van der Waals surface area contributed by atoms with Crippen molar-refractivity contribution in [1.29, 1.82) is 0 Å². The third kappa shape index (κ3) is 15.7. The summed E-state index contributed by atoms with van der Waals surface area (Å²) in [5.74, 6) is -3.18. The molecule has 2 saturated heterocycles. The van der Waals surface area contributed by atoms with Gasteiger partial charge >= 0.3 is 0 Å². The molecule has 3 heterocycles. The number of hydrogen-bond donors (Lipinski definition) is 10. The lowest BCUT2D eigenvalue weighted by Crippen LogP contribution is -2.58. The van der Waals surface area contributed by atoms with E-state index in [9.17, 15) is 33.9 Å². The summed E-state index contributed by atoms with van der Waals surface area (Å²) < 4.78 is 6.10. The number of ether oxygens (including phenoxy) is 1. The van der Waals surface area contributed by atoms with Crippen LogP contribution in [0.1, 0.15) is 101 Å². The quantitative estimate of drug-likeness (QED) is 0.0777. The van der Waals surface area contributed by atoms with Crippen LogP contribution in [0.3, 0.4) is 0 Å². The van der Waals surface area contributed by atoms with Crippen molar-refractivity contribution in [2.24, 2.45) is 5.73 Å². The second kappa shape index (κ2) is 25.8. The van der Waals surface area contributed by atoms with Gasteiger partial charge in [-0.1, -0.05) is 92.2 Å². The maximum Gasteiger partial charge on any atom is 0.243 e. The molecule has 11 N–H and O–H groups in total. The van der Waals surface area contributed by atoms with Crippen LogP contribution in [-0.4, -0.2) is 107 Å². The summed E-state index contributed by atoms with van der Waals surface area (Å²) in [7, 11) is 0. The van der Waals surface area contributed by atoms with Gasteiger partial charge in [0.05, 0.1) is 24.6 Å². The molecule has 2 aliphatic rings. The van der Waals surface area contributed by atoms with Crippen molar-refractivity contribution in [3.63, 3.8) is 0 Å². The summed E-state index contributed by atoms with van der Waals surface area (Å²) in [4.78, 5) is 84.9. The number of nitrogens with two attached hydrogens (primary N) is 1. The average molecular weight is 936 g/mol. The fourth-order valence-electron chi connectivity index (χ4n) is 8.71. The van der Waals surface area contributed by atoms with E-state index < -0.39 is 78.1 Å². The molecule has 3 aromatic carbocycles. The van der Waals surface area contributed by atoms with Crippen LogP contribution in [0.2, 0.25) is 0 Å². The average Bonchev–Trinajstić information content (AvgIpc) is 3.96. The zero-order chi connectivity index (χ0) is 48.4. The molecule has 0 radical (unpaired) electrons. The van der Waals surface area contributed by atoms with Crippen LogP contribution in [0.25, 0.3) is 10.9 Å². The van der Waals surface area contributed by atoms with Crippen molar-refractivity contribution in [3.8, 4) is 0 Å². The Labute approximate surface area is 398 Å². The summed E-state index contributed by atoms with van der Waals surface area (Å²) in [6.45, 7) is 4.10. The van der Waals surface area contributed by atoms with Crippen LogP contribution in [0.15, 0.2) is 91.1 Å². The maximum absolute atomic E-state index is 14.1. The molecular formula is C51H69N9O8. The smallest absolute Gasteiger partial charge is 0.243 e. The summed E-state index contributed by atoms with van der Waals surface area (Å²) in [6.07, 6.45) is 5.29. The summed E-state index contributed by atoms with van der Waals surface area (Å²) >= 11 is 0. The molecule has 6 amide bonds. The number of aliphatic hydroxyl groups is 1. The molecule has 17 heteroatoms. The molecule has 4 unspecified atom stereocenters. The zero-order valence-corrected chi connectivity index (χ0v) is 39.1. The number of epoxide rings is 1. The van der Waals surface area contributed by atoms with E-state index in [0.29, 0.717) is 45.1 Å². The normalized spacial score (nSPS) is 26.1. The Bertz CT molecular complexity index is 2280. The Morgan fingerprint density at radius 1 is 0.779 bits per heavy atom. The molecule has 6 rings (SSSR count). The molecule has 2 fully saturated rings.